The van der Waals surface area contributed by atoms with E-state index in [0.717, 1.165) is 24.3 Å². The van der Waals surface area contributed by atoms with E-state index >= 15 is 0 Å². The first kappa shape index (κ1) is 7.35. The summed E-state index contributed by atoms with van der Waals surface area (Å²) in [5, 5.41) is 0. The van der Waals surface area contributed by atoms with Crippen molar-refractivity contribution in [1.29, 1.82) is 0 Å². The van der Waals surface area contributed by atoms with Crippen molar-refractivity contribution in [3.8, 4) is 0 Å². The maximum Gasteiger partial charge on any atom is -0.00460 e. The average Bonchev–Trinajstić information content (AvgIpc) is 2.85. The highest BCUT2D eigenvalue weighted by Gasteiger charge is 2.40. The zero-order chi connectivity index (χ0) is 7.68. The molecule has 0 aromatic rings. The van der Waals surface area contributed by atoms with Crippen molar-refractivity contribution in [2.45, 2.75) is 25.7 Å². The lowest BCUT2D eigenvalue weighted by Crippen LogP contribution is -2.10. The van der Waals surface area contributed by atoms with Gasteiger partial charge < -0.3 is 5.73 Å². The molecule has 11 heavy (non-hydrogen) atoms. The third kappa shape index (κ3) is 1.48. The van der Waals surface area contributed by atoms with E-state index in [-0.39, 0.29) is 0 Å². The minimum absolute atomic E-state index is 0.881. The standard InChI is InChI=1S/C10H17N/c11-7-9-6-10(9)8-4-2-1-3-5-8/h1-2,8-10H,3-7,11H2/t8?,9-,10-/m0/s1. The Morgan fingerprint density at radius 3 is 2.82 bits per heavy atom. The second-order valence-corrected chi connectivity index (χ2v) is 3.94. The van der Waals surface area contributed by atoms with Crippen LogP contribution in [-0.2, 0) is 0 Å². The van der Waals surface area contributed by atoms with E-state index in [9.17, 15) is 0 Å². The lowest BCUT2D eigenvalue weighted by molar-refractivity contribution is 0.402. The largest absolute Gasteiger partial charge is 0.330 e. The van der Waals surface area contributed by atoms with Gasteiger partial charge in [-0.1, -0.05) is 12.2 Å². The molecule has 1 heteroatoms. The molecule has 3 atom stereocenters. The molecule has 2 aliphatic rings. The number of rotatable bonds is 2. The van der Waals surface area contributed by atoms with Crippen molar-refractivity contribution >= 4 is 0 Å². The van der Waals surface area contributed by atoms with Crippen LogP contribution in [0.5, 0.6) is 0 Å². The zero-order valence-corrected chi connectivity index (χ0v) is 7.00. The highest BCUT2D eigenvalue weighted by Crippen LogP contribution is 2.47. The summed E-state index contributed by atoms with van der Waals surface area (Å²) in [5.41, 5.74) is 5.61. The van der Waals surface area contributed by atoms with Crippen molar-refractivity contribution in [3.63, 3.8) is 0 Å². The molecule has 62 valence electrons. The predicted molar refractivity (Wildman–Crippen MR) is 47.1 cm³/mol. The van der Waals surface area contributed by atoms with Crippen LogP contribution in [-0.4, -0.2) is 6.54 Å². The van der Waals surface area contributed by atoms with Crippen molar-refractivity contribution in [3.05, 3.63) is 12.2 Å². The summed E-state index contributed by atoms with van der Waals surface area (Å²) in [7, 11) is 0. The Morgan fingerprint density at radius 2 is 2.27 bits per heavy atom. The van der Waals surface area contributed by atoms with E-state index in [1.54, 1.807) is 0 Å². The van der Waals surface area contributed by atoms with Gasteiger partial charge in [-0.25, -0.2) is 0 Å². The van der Waals surface area contributed by atoms with Gasteiger partial charge in [0.25, 0.3) is 0 Å². The molecule has 0 bridgehead atoms. The van der Waals surface area contributed by atoms with Gasteiger partial charge in [-0.3, -0.25) is 0 Å². The predicted octanol–water partition coefficient (Wildman–Crippen LogP) is 1.94. The van der Waals surface area contributed by atoms with E-state index in [0.29, 0.717) is 0 Å². The maximum absolute atomic E-state index is 5.61. The smallest absolute Gasteiger partial charge is 0.00460 e. The van der Waals surface area contributed by atoms with Gasteiger partial charge in [-0.05, 0) is 50.0 Å². The molecule has 0 aromatic heterocycles. The summed E-state index contributed by atoms with van der Waals surface area (Å²) in [6, 6.07) is 0. The molecule has 1 saturated carbocycles. The molecular weight excluding hydrogens is 134 g/mol. The van der Waals surface area contributed by atoms with Crippen molar-refractivity contribution in [2.75, 3.05) is 6.54 Å². The summed E-state index contributed by atoms with van der Waals surface area (Å²) >= 11 is 0. The van der Waals surface area contributed by atoms with Crippen LogP contribution in [0, 0.1) is 17.8 Å². The third-order valence-corrected chi connectivity index (χ3v) is 3.20. The van der Waals surface area contributed by atoms with Crippen LogP contribution >= 0.6 is 0 Å². The van der Waals surface area contributed by atoms with Gasteiger partial charge in [0.2, 0.25) is 0 Å². The Morgan fingerprint density at radius 1 is 1.36 bits per heavy atom. The van der Waals surface area contributed by atoms with Gasteiger partial charge >= 0.3 is 0 Å². The Hall–Kier alpha value is -0.300. The van der Waals surface area contributed by atoms with Crippen LogP contribution in [0.15, 0.2) is 12.2 Å². The molecule has 0 heterocycles. The molecule has 0 aliphatic heterocycles. The molecule has 2 N–H and O–H groups in total. The van der Waals surface area contributed by atoms with Gasteiger partial charge in [-0.2, -0.15) is 0 Å². The van der Waals surface area contributed by atoms with Crippen molar-refractivity contribution < 1.29 is 0 Å². The van der Waals surface area contributed by atoms with Crippen molar-refractivity contribution in [2.24, 2.45) is 23.5 Å². The fourth-order valence-corrected chi connectivity index (χ4v) is 2.33. The summed E-state index contributed by atoms with van der Waals surface area (Å²) in [6.45, 7) is 0.922. The Kier molecular flexibility index (Phi) is 1.99. The van der Waals surface area contributed by atoms with Crippen LogP contribution in [0.1, 0.15) is 25.7 Å². The molecule has 0 saturated heterocycles. The summed E-state index contributed by atoms with van der Waals surface area (Å²) < 4.78 is 0. The van der Waals surface area contributed by atoms with Crippen molar-refractivity contribution in [1.82, 2.24) is 0 Å². The number of allylic oxidation sites excluding steroid dienone is 2. The van der Waals surface area contributed by atoms with E-state index in [4.69, 9.17) is 5.73 Å². The summed E-state index contributed by atoms with van der Waals surface area (Å²) in [6.07, 6.45) is 10.1. The van der Waals surface area contributed by atoms with E-state index < -0.39 is 0 Å². The molecule has 2 aliphatic carbocycles. The second kappa shape index (κ2) is 2.98. The number of hydrogen-bond donors (Lipinski definition) is 1. The third-order valence-electron chi connectivity index (χ3n) is 3.20. The summed E-state index contributed by atoms with van der Waals surface area (Å²) in [5.74, 6) is 2.85. The van der Waals surface area contributed by atoms with Crippen LogP contribution in [0.3, 0.4) is 0 Å². The van der Waals surface area contributed by atoms with E-state index in [2.05, 4.69) is 12.2 Å². The SMILES string of the molecule is NC[C@@H]1C[C@H]1C1CC=CCC1. The number of nitrogens with two attached hydrogens (primary N) is 1. The van der Waals surface area contributed by atoms with Gasteiger partial charge in [0.1, 0.15) is 0 Å². The Bertz CT molecular complexity index is 162. The quantitative estimate of drug-likeness (QED) is 0.600. The van der Waals surface area contributed by atoms with Gasteiger partial charge in [0.05, 0.1) is 0 Å². The normalized spacial score (nSPS) is 42.5. The maximum atomic E-state index is 5.61. The molecule has 0 radical (unpaired) electrons. The van der Waals surface area contributed by atoms with Gasteiger partial charge in [0, 0.05) is 0 Å². The molecule has 1 nitrogen and oxygen atoms in total. The monoisotopic (exact) mass is 151 g/mol. The highest BCUT2D eigenvalue weighted by atomic mass is 14.6. The van der Waals surface area contributed by atoms with Gasteiger partial charge in [0.15, 0.2) is 0 Å². The fourth-order valence-electron chi connectivity index (χ4n) is 2.33. The lowest BCUT2D eigenvalue weighted by Gasteiger charge is -2.17. The van der Waals surface area contributed by atoms with Crippen LogP contribution in [0.2, 0.25) is 0 Å². The van der Waals surface area contributed by atoms with Gasteiger partial charge in [-0.15, -0.1) is 0 Å². The first-order valence-corrected chi connectivity index (χ1v) is 4.77. The first-order valence-electron chi connectivity index (χ1n) is 4.77. The topological polar surface area (TPSA) is 26.0 Å². The highest BCUT2D eigenvalue weighted by molar-refractivity contribution is 4.99. The minimum atomic E-state index is 0.881. The molecule has 2 rings (SSSR count). The minimum Gasteiger partial charge on any atom is -0.330 e. The second-order valence-electron chi connectivity index (χ2n) is 3.94. The molecule has 1 unspecified atom stereocenters. The number of hydrogen-bond acceptors (Lipinski definition) is 1. The average molecular weight is 151 g/mol. The molecular formula is C10H17N. The summed E-state index contributed by atoms with van der Waals surface area (Å²) in [4.78, 5) is 0. The zero-order valence-electron chi connectivity index (χ0n) is 7.00. The fraction of sp³-hybridized carbons (Fsp3) is 0.800. The Labute approximate surface area is 68.7 Å². The molecule has 0 amide bonds. The van der Waals surface area contributed by atoms with Crippen LogP contribution in [0.25, 0.3) is 0 Å². The van der Waals surface area contributed by atoms with E-state index in [1.807, 2.05) is 0 Å². The van der Waals surface area contributed by atoms with E-state index in [1.165, 1.54) is 25.7 Å². The van der Waals surface area contributed by atoms with Crippen LogP contribution in [0.4, 0.5) is 0 Å². The molecule has 0 spiro atoms. The first-order chi connectivity index (χ1) is 5.42. The Balaban J connectivity index is 1.83. The molecule has 0 aromatic carbocycles. The van der Waals surface area contributed by atoms with Crippen LogP contribution < -0.4 is 5.73 Å². The molecule has 1 fully saturated rings. The lowest BCUT2D eigenvalue weighted by atomic mass is 9.89.